The van der Waals surface area contributed by atoms with Crippen LogP contribution in [0.2, 0.25) is 0 Å². The number of piperidine rings is 1. The predicted molar refractivity (Wildman–Crippen MR) is 120 cm³/mol. The molecule has 1 heterocycles. The highest BCUT2D eigenvalue weighted by Gasteiger charge is 2.33. The Kier molecular flexibility index (Phi) is 8.26. The van der Waals surface area contributed by atoms with Gasteiger partial charge >= 0.3 is 0 Å². The number of nitrogens with one attached hydrogen (secondary N) is 2. The number of anilines is 2. The molecule has 4 N–H and O–H groups in total. The first kappa shape index (κ1) is 23.7. The van der Waals surface area contributed by atoms with Crippen molar-refractivity contribution in [2.45, 2.75) is 65.3 Å². The molecule has 0 bridgehead atoms. The average Bonchev–Trinajstić information content (AvgIpc) is 2.67. The molecule has 3 amide bonds. The van der Waals surface area contributed by atoms with Gasteiger partial charge in [-0.05, 0) is 62.3 Å². The molecular weight excluding hydrogens is 380 g/mol. The highest BCUT2D eigenvalue weighted by atomic mass is 16.2. The fourth-order valence-electron chi connectivity index (χ4n) is 3.87. The molecule has 7 nitrogen and oxygen atoms in total. The number of primary amides is 1. The van der Waals surface area contributed by atoms with Crippen LogP contribution < -0.4 is 21.3 Å². The topological polar surface area (TPSA) is 105 Å². The van der Waals surface area contributed by atoms with Crippen LogP contribution in [-0.4, -0.2) is 36.3 Å². The number of amides is 3. The van der Waals surface area contributed by atoms with E-state index in [0.717, 1.165) is 24.7 Å². The minimum Gasteiger partial charge on any atom is -0.372 e. The van der Waals surface area contributed by atoms with Crippen LogP contribution in [0.1, 0.15) is 59.8 Å². The van der Waals surface area contributed by atoms with Gasteiger partial charge in [-0.1, -0.05) is 20.8 Å². The van der Waals surface area contributed by atoms with Crippen molar-refractivity contribution in [1.82, 2.24) is 5.32 Å². The lowest BCUT2D eigenvalue weighted by Gasteiger charge is -2.32. The van der Waals surface area contributed by atoms with E-state index in [4.69, 9.17) is 5.73 Å². The van der Waals surface area contributed by atoms with Crippen molar-refractivity contribution in [3.8, 4) is 0 Å². The van der Waals surface area contributed by atoms with E-state index in [0.29, 0.717) is 12.1 Å². The second kappa shape index (κ2) is 10.5. The molecule has 166 valence electrons. The monoisotopic (exact) mass is 416 g/mol. The Morgan fingerprint density at radius 1 is 1.10 bits per heavy atom. The Balaban J connectivity index is 1.81. The summed E-state index contributed by atoms with van der Waals surface area (Å²) in [5.41, 5.74) is 6.22. The number of hydrogen-bond donors (Lipinski definition) is 3. The molecular formula is C23H36N4O3. The number of carbonyl (C=O) groups excluding carboxylic acids is 3. The van der Waals surface area contributed by atoms with Crippen LogP contribution >= 0.6 is 0 Å². The first-order valence-electron chi connectivity index (χ1n) is 10.8. The number of carbonyl (C=O) groups is 3. The predicted octanol–water partition coefficient (Wildman–Crippen LogP) is 3.05. The lowest BCUT2D eigenvalue weighted by Crippen LogP contribution is -2.56. The molecule has 1 saturated heterocycles. The lowest BCUT2D eigenvalue weighted by molar-refractivity contribution is -0.132. The summed E-state index contributed by atoms with van der Waals surface area (Å²) in [5, 5.41) is 5.51. The number of hydrogen-bond acceptors (Lipinski definition) is 4. The summed E-state index contributed by atoms with van der Waals surface area (Å²) >= 11 is 0. The zero-order valence-electron chi connectivity index (χ0n) is 18.7. The van der Waals surface area contributed by atoms with Crippen LogP contribution in [0.15, 0.2) is 24.3 Å². The molecule has 1 aromatic carbocycles. The van der Waals surface area contributed by atoms with Gasteiger partial charge in [0.15, 0.2) is 0 Å². The Morgan fingerprint density at radius 3 is 2.20 bits per heavy atom. The van der Waals surface area contributed by atoms with Gasteiger partial charge in [0.25, 0.3) is 0 Å². The molecule has 1 unspecified atom stereocenters. The molecule has 0 saturated carbocycles. The summed E-state index contributed by atoms with van der Waals surface area (Å²) in [6, 6.07) is 7.81. The van der Waals surface area contributed by atoms with E-state index in [1.54, 1.807) is 6.92 Å². The third-order valence-corrected chi connectivity index (χ3v) is 5.65. The van der Waals surface area contributed by atoms with Crippen molar-refractivity contribution in [2.24, 2.45) is 17.6 Å². The summed E-state index contributed by atoms with van der Waals surface area (Å²) in [6.45, 7) is 9.94. The summed E-state index contributed by atoms with van der Waals surface area (Å²) in [5.74, 6) is -0.195. The molecule has 0 aromatic heterocycles. The second-order valence-electron chi connectivity index (χ2n) is 9.11. The van der Waals surface area contributed by atoms with E-state index < -0.39 is 11.4 Å². The molecule has 0 aliphatic carbocycles. The van der Waals surface area contributed by atoms with Gasteiger partial charge in [-0.3, -0.25) is 14.4 Å². The second-order valence-corrected chi connectivity index (χ2v) is 9.11. The third kappa shape index (κ3) is 7.04. The van der Waals surface area contributed by atoms with E-state index in [1.165, 1.54) is 12.8 Å². The van der Waals surface area contributed by atoms with E-state index in [9.17, 15) is 14.4 Å². The SMILES string of the molecule is CC(C)CC(C)(NC(=O)CCC(=O)Nc1ccc(N2CCC(C)CC2)cc1)C(N)=O. The lowest BCUT2D eigenvalue weighted by atomic mass is 9.90. The smallest absolute Gasteiger partial charge is 0.242 e. The Bertz CT molecular complexity index is 739. The van der Waals surface area contributed by atoms with E-state index in [2.05, 4.69) is 22.5 Å². The van der Waals surface area contributed by atoms with Gasteiger partial charge in [-0.2, -0.15) is 0 Å². The maximum absolute atomic E-state index is 12.2. The Morgan fingerprint density at radius 2 is 1.67 bits per heavy atom. The minimum absolute atomic E-state index is 0.00313. The first-order valence-corrected chi connectivity index (χ1v) is 10.8. The van der Waals surface area contributed by atoms with E-state index in [1.807, 2.05) is 38.1 Å². The van der Waals surface area contributed by atoms with Crippen LogP contribution in [-0.2, 0) is 14.4 Å². The fraction of sp³-hybridized carbons (Fsp3) is 0.609. The third-order valence-electron chi connectivity index (χ3n) is 5.65. The Hall–Kier alpha value is -2.57. The Labute approximate surface area is 179 Å². The van der Waals surface area contributed by atoms with Crippen LogP contribution in [0.3, 0.4) is 0 Å². The van der Waals surface area contributed by atoms with Crippen molar-refractivity contribution in [3.05, 3.63) is 24.3 Å². The van der Waals surface area contributed by atoms with Crippen molar-refractivity contribution in [3.63, 3.8) is 0 Å². The molecule has 0 spiro atoms. The highest BCUT2D eigenvalue weighted by Crippen LogP contribution is 2.24. The van der Waals surface area contributed by atoms with Gasteiger partial charge < -0.3 is 21.3 Å². The van der Waals surface area contributed by atoms with E-state index in [-0.39, 0.29) is 30.6 Å². The van der Waals surface area contributed by atoms with Gasteiger partial charge in [-0.15, -0.1) is 0 Å². The zero-order valence-corrected chi connectivity index (χ0v) is 18.7. The number of nitrogens with zero attached hydrogens (tertiary/aromatic N) is 1. The van der Waals surface area contributed by atoms with Crippen molar-refractivity contribution < 1.29 is 14.4 Å². The van der Waals surface area contributed by atoms with Crippen LogP contribution in [0.4, 0.5) is 11.4 Å². The minimum atomic E-state index is -1.11. The first-order chi connectivity index (χ1) is 14.1. The summed E-state index contributed by atoms with van der Waals surface area (Å²) in [4.78, 5) is 38.6. The zero-order chi connectivity index (χ0) is 22.3. The summed E-state index contributed by atoms with van der Waals surface area (Å²) < 4.78 is 0. The molecule has 0 radical (unpaired) electrons. The maximum Gasteiger partial charge on any atom is 0.242 e. The molecule has 1 aliphatic heterocycles. The normalized spacial score (nSPS) is 16.8. The molecule has 1 aliphatic rings. The van der Waals surface area contributed by atoms with Gasteiger partial charge in [0, 0.05) is 37.3 Å². The molecule has 1 fully saturated rings. The molecule has 1 atom stereocenters. The summed E-state index contributed by atoms with van der Waals surface area (Å²) in [6.07, 6.45) is 2.88. The molecule has 2 rings (SSSR count). The number of rotatable bonds is 9. The molecule has 1 aromatic rings. The van der Waals surface area contributed by atoms with E-state index >= 15 is 0 Å². The molecule has 30 heavy (non-hydrogen) atoms. The largest absolute Gasteiger partial charge is 0.372 e. The highest BCUT2D eigenvalue weighted by molar-refractivity contribution is 5.95. The molecule has 7 heteroatoms. The quantitative estimate of drug-likeness (QED) is 0.575. The summed E-state index contributed by atoms with van der Waals surface area (Å²) in [7, 11) is 0. The van der Waals surface area contributed by atoms with Gasteiger partial charge in [0.2, 0.25) is 17.7 Å². The van der Waals surface area contributed by atoms with Crippen LogP contribution in [0.5, 0.6) is 0 Å². The fourth-order valence-corrected chi connectivity index (χ4v) is 3.87. The maximum atomic E-state index is 12.2. The number of nitrogens with two attached hydrogens (primary N) is 1. The van der Waals surface area contributed by atoms with Gasteiger partial charge in [0.05, 0.1) is 0 Å². The van der Waals surface area contributed by atoms with Gasteiger partial charge in [-0.25, -0.2) is 0 Å². The van der Waals surface area contributed by atoms with Crippen LogP contribution in [0.25, 0.3) is 0 Å². The van der Waals surface area contributed by atoms with Crippen LogP contribution in [0, 0.1) is 11.8 Å². The number of benzene rings is 1. The van der Waals surface area contributed by atoms with Crippen molar-refractivity contribution in [2.75, 3.05) is 23.3 Å². The average molecular weight is 417 g/mol. The standard InChI is InChI=1S/C23H36N4O3/c1-16(2)15-23(4,22(24)30)26-21(29)10-9-20(28)25-18-5-7-19(8-6-18)27-13-11-17(3)12-14-27/h5-8,16-17H,9-15H2,1-4H3,(H2,24,30)(H,25,28)(H,26,29). The van der Waals surface area contributed by atoms with Crippen molar-refractivity contribution in [1.29, 1.82) is 0 Å². The van der Waals surface area contributed by atoms with Gasteiger partial charge in [0.1, 0.15) is 5.54 Å². The van der Waals surface area contributed by atoms with Crippen molar-refractivity contribution >= 4 is 29.1 Å².